The zero-order valence-corrected chi connectivity index (χ0v) is 10.1. The summed E-state index contributed by atoms with van der Waals surface area (Å²) in [5.41, 5.74) is 1.84. The van der Waals surface area contributed by atoms with Crippen molar-refractivity contribution in [2.75, 3.05) is 0 Å². The molecule has 0 radical (unpaired) electrons. The van der Waals surface area contributed by atoms with E-state index in [1.165, 1.54) is 4.88 Å². The molecule has 0 aliphatic heterocycles. The van der Waals surface area contributed by atoms with Gasteiger partial charge in [0.1, 0.15) is 12.2 Å². The van der Waals surface area contributed by atoms with Crippen LogP contribution in [0.3, 0.4) is 0 Å². The molecule has 2 heterocycles. The maximum Gasteiger partial charge on any atom is 0.140 e. The summed E-state index contributed by atoms with van der Waals surface area (Å²) in [5.74, 6) is 0.992. The van der Waals surface area contributed by atoms with Crippen LogP contribution in [-0.4, -0.2) is 19.7 Å². The number of nitrogens with one attached hydrogen (secondary N) is 1. The van der Waals surface area contributed by atoms with Gasteiger partial charge in [-0.25, -0.2) is 9.67 Å². The van der Waals surface area contributed by atoms with Crippen LogP contribution in [0.25, 0.3) is 0 Å². The third-order valence-corrected chi connectivity index (χ3v) is 2.98. The Kier molecular flexibility index (Phi) is 4.01. The molecule has 1 N–H and O–H groups in total. The van der Waals surface area contributed by atoms with Crippen molar-refractivity contribution in [3.05, 3.63) is 28.7 Å². The first-order valence-corrected chi connectivity index (χ1v) is 6.23. The lowest BCUT2D eigenvalue weighted by Crippen LogP contribution is -2.16. The fourth-order valence-corrected chi connectivity index (χ4v) is 2.01. The van der Waals surface area contributed by atoms with E-state index in [1.807, 2.05) is 16.4 Å². The monoisotopic (exact) mass is 237 g/mol. The Bertz CT molecular complexity index is 409. The van der Waals surface area contributed by atoms with Gasteiger partial charge in [-0.3, -0.25) is 4.98 Å². The van der Waals surface area contributed by atoms with Crippen LogP contribution in [0, 0.1) is 0 Å². The number of aryl methyl sites for hydroxylation is 1. The standard InChI is InChI=1S/C10H15N5S/c1-2-3-15-10(13-7-14-15)6-11-4-9-5-12-8-16-9/h5,7-8,11H,2-4,6H2,1H3. The highest BCUT2D eigenvalue weighted by molar-refractivity contribution is 7.09. The number of hydrogen-bond donors (Lipinski definition) is 1. The Balaban J connectivity index is 1.82. The Morgan fingerprint density at radius 3 is 3.12 bits per heavy atom. The van der Waals surface area contributed by atoms with Gasteiger partial charge < -0.3 is 5.32 Å². The molecule has 5 nitrogen and oxygen atoms in total. The van der Waals surface area contributed by atoms with Crippen molar-refractivity contribution in [2.24, 2.45) is 0 Å². The predicted molar refractivity (Wildman–Crippen MR) is 63.0 cm³/mol. The summed E-state index contributed by atoms with van der Waals surface area (Å²) < 4.78 is 1.94. The lowest BCUT2D eigenvalue weighted by molar-refractivity contribution is 0.543. The second kappa shape index (κ2) is 5.72. The van der Waals surface area contributed by atoms with Crippen LogP contribution in [0.1, 0.15) is 24.0 Å². The molecule has 0 saturated carbocycles. The van der Waals surface area contributed by atoms with E-state index < -0.39 is 0 Å². The maximum absolute atomic E-state index is 4.23. The topological polar surface area (TPSA) is 55.6 Å². The van der Waals surface area contributed by atoms with Crippen LogP contribution >= 0.6 is 11.3 Å². The molecular weight excluding hydrogens is 222 g/mol. The third kappa shape index (κ3) is 2.86. The van der Waals surface area contributed by atoms with E-state index in [0.717, 1.165) is 31.9 Å². The quantitative estimate of drug-likeness (QED) is 0.826. The Hall–Kier alpha value is -1.27. The highest BCUT2D eigenvalue weighted by atomic mass is 32.1. The number of hydrogen-bond acceptors (Lipinski definition) is 5. The molecule has 0 spiro atoms. The first-order chi connectivity index (χ1) is 7.90. The smallest absolute Gasteiger partial charge is 0.140 e. The van der Waals surface area contributed by atoms with Crippen LogP contribution in [0.4, 0.5) is 0 Å². The summed E-state index contributed by atoms with van der Waals surface area (Å²) in [6, 6.07) is 0. The van der Waals surface area contributed by atoms with Gasteiger partial charge >= 0.3 is 0 Å². The number of rotatable bonds is 6. The molecule has 0 aliphatic rings. The minimum Gasteiger partial charge on any atom is -0.305 e. The van der Waals surface area contributed by atoms with Crippen molar-refractivity contribution in [3.63, 3.8) is 0 Å². The van der Waals surface area contributed by atoms with Gasteiger partial charge in [0.15, 0.2) is 0 Å². The zero-order chi connectivity index (χ0) is 11.2. The minimum absolute atomic E-state index is 0.748. The van der Waals surface area contributed by atoms with Crippen LogP contribution in [0.5, 0.6) is 0 Å². The molecule has 0 bridgehead atoms. The number of thiazole rings is 1. The van der Waals surface area contributed by atoms with E-state index in [2.05, 4.69) is 27.3 Å². The molecular formula is C10H15N5S. The summed E-state index contributed by atoms with van der Waals surface area (Å²) in [7, 11) is 0. The van der Waals surface area contributed by atoms with Crippen molar-refractivity contribution in [2.45, 2.75) is 33.0 Å². The summed E-state index contributed by atoms with van der Waals surface area (Å²) in [6.45, 7) is 4.65. The van der Waals surface area contributed by atoms with Gasteiger partial charge in [0.05, 0.1) is 12.1 Å². The molecule has 0 fully saturated rings. The van der Waals surface area contributed by atoms with Gasteiger partial charge in [0.25, 0.3) is 0 Å². The molecule has 0 saturated heterocycles. The molecule has 6 heteroatoms. The van der Waals surface area contributed by atoms with E-state index in [0.29, 0.717) is 0 Å². The average Bonchev–Trinajstić information content (AvgIpc) is 2.91. The molecule has 0 aromatic carbocycles. The molecule has 16 heavy (non-hydrogen) atoms. The van der Waals surface area contributed by atoms with Crippen molar-refractivity contribution in [3.8, 4) is 0 Å². The Labute approximate surface area is 98.5 Å². The zero-order valence-electron chi connectivity index (χ0n) is 9.26. The predicted octanol–water partition coefficient (Wildman–Crippen LogP) is 1.43. The second-order valence-electron chi connectivity index (χ2n) is 3.47. The van der Waals surface area contributed by atoms with Crippen LogP contribution in [-0.2, 0) is 19.6 Å². The SMILES string of the molecule is CCCn1ncnc1CNCc1cncs1. The highest BCUT2D eigenvalue weighted by Crippen LogP contribution is 2.04. The molecule has 0 amide bonds. The fourth-order valence-electron chi connectivity index (χ4n) is 1.45. The molecule has 2 aromatic heterocycles. The maximum atomic E-state index is 4.23. The summed E-state index contributed by atoms with van der Waals surface area (Å²) in [6.07, 6.45) is 4.57. The van der Waals surface area contributed by atoms with Gasteiger partial charge in [-0.05, 0) is 6.42 Å². The largest absolute Gasteiger partial charge is 0.305 e. The molecule has 2 aromatic rings. The van der Waals surface area contributed by atoms with Crippen molar-refractivity contribution < 1.29 is 0 Å². The van der Waals surface area contributed by atoms with Crippen molar-refractivity contribution in [1.29, 1.82) is 0 Å². The summed E-state index contributed by atoms with van der Waals surface area (Å²) in [5, 5.41) is 7.51. The fraction of sp³-hybridized carbons (Fsp3) is 0.500. The van der Waals surface area contributed by atoms with E-state index in [4.69, 9.17) is 0 Å². The highest BCUT2D eigenvalue weighted by Gasteiger charge is 2.02. The van der Waals surface area contributed by atoms with E-state index in [-0.39, 0.29) is 0 Å². The first kappa shape index (κ1) is 11.2. The Morgan fingerprint density at radius 1 is 1.44 bits per heavy atom. The van der Waals surface area contributed by atoms with Crippen LogP contribution < -0.4 is 5.32 Å². The second-order valence-corrected chi connectivity index (χ2v) is 4.44. The van der Waals surface area contributed by atoms with E-state index in [1.54, 1.807) is 17.7 Å². The first-order valence-electron chi connectivity index (χ1n) is 5.35. The molecule has 2 rings (SSSR count). The van der Waals surface area contributed by atoms with Gasteiger partial charge in [-0.1, -0.05) is 6.92 Å². The van der Waals surface area contributed by atoms with E-state index >= 15 is 0 Å². The number of aromatic nitrogens is 4. The lowest BCUT2D eigenvalue weighted by Gasteiger charge is -2.04. The summed E-state index contributed by atoms with van der Waals surface area (Å²) in [4.78, 5) is 9.50. The molecule has 0 aliphatic carbocycles. The van der Waals surface area contributed by atoms with Gasteiger partial charge in [0.2, 0.25) is 0 Å². The molecule has 0 unspecified atom stereocenters. The minimum atomic E-state index is 0.748. The van der Waals surface area contributed by atoms with E-state index in [9.17, 15) is 0 Å². The van der Waals surface area contributed by atoms with Crippen LogP contribution in [0.15, 0.2) is 18.0 Å². The number of nitrogens with zero attached hydrogens (tertiary/aromatic N) is 4. The lowest BCUT2D eigenvalue weighted by atomic mass is 10.4. The third-order valence-electron chi connectivity index (χ3n) is 2.20. The molecule has 0 atom stereocenters. The van der Waals surface area contributed by atoms with Gasteiger partial charge in [-0.2, -0.15) is 5.10 Å². The van der Waals surface area contributed by atoms with Gasteiger partial charge in [0, 0.05) is 24.2 Å². The van der Waals surface area contributed by atoms with Crippen molar-refractivity contribution in [1.82, 2.24) is 25.1 Å². The Morgan fingerprint density at radius 2 is 2.38 bits per heavy atom. The summed E-state index contributed by atoms with van der Waals surface area (Å²) >= 11 is 1.66. The van der Waals surface area contributed by atoms with Crippen LogP contribution in [0.2, 0.25) is 0 Å². The molecule has 86 valence electrons. The van der Waals surface area contributed by atoms with Gasteiger partial charge in [-0.15, -0.1) is 11.3 Å². The normalized spacial score (nSPS) is 10.8. The average molecular weight is 237 g/mol. The van der Waals surface area contributed by atoms with Crippen molar-refractivity contribution >= 4 is 11.3 Å².